The van der Waals surface area contributed by atoms with Crippen LogP contribution in [0, 0.1) is 5.41 Å². The molecule has 0 fully saturated rings. The van der Waals surface area contributed by atoms with Crippen molar-refractivity contribution >= 4 is 0 Å². The van der Waals surface area contributed by atoms with Gasteiger partial charge in [0.1, 0.15) is 12.4 Å². The van der Waals surface area contributed by atoms with Crippen molar-refractivity contribution in [3.8, 4) is 5.75 Å². The van der Waals surface area contributed by atoms with Gasteiger partial charge >= 0.3 is 0 Å². The first-order valence-corrected chi connectivity index (χ1v) is 7.62. The quantitative estimate of drug-likeness (QED) is 0.777. The zero-order chi connectivity index (χ0) is 15.2. The van der Waals surface area contributed by atoms with Crippen LogP contribution < -0.4 is 10.1 Å². The number of benzene rings is 1. The molecule has 2 heteroatoms. The first-order valence-electron chi connectivity index (χ1n) is 7.62. The SMILES string of the molecule is CC(C)(C)CCc1cccc(OCCNC(C)(C)C)c1. The van der Waals surface area contributed by atoms with Gasteiger partial charge in [0.15, 0.2) is 0 Å². The van der Waals surface area contributed by atoms with Crippen molar-refractivity contribution in [3.63, 3.8) is 0 Å². The summed E-state index contributed by atoms with van der Waals surface area (Å²) < 4.78 is 5.81. The molecule has 0 aliphatic rings. The van der Waals surface area contributed by atoms with E-state index < -0.39 is 0 Å². The van der Waals surface area contributed by atoms with Crippen molar-refractivity contribution in [2.45, 2.75) is 59.9 Å². The van der Waals surface area contributed by atoms with E-state index in [0.717, 1.165) is 18.7 Å². The van der Waals surface area contributed by atoms with Crippen molar-refractivity contribution in [1.82, 2.24) is 5.32 Å². The minimum absolute atomic E-state index is 0.151. The summed E-state index contributed by atoms with van der Waals surface area (Å²) in [4.78, 5) is 0. The van der Waals surface area contributed by atoms with Crippen molar-refractivity contribution in [2.24, 2.45) is 5.41 Å². The molecule has 0 bridgehead atoms. The van der Waals surface area contributed by atoms with Gasteiger partial charge in [-0.25, -0.2) is 0 Å². The number of rotatable bonds is 6. The molecule has 2 nitrogen and oxygen atoms in total. The zero-order valence-electron chi connectivity index (χ0n) is 14.0. The van der Waals surface area contributed by atoms with Crippen molar-refractivity contribution < 1.29 is 4.74 Å². The van der Waals surface area contributed by atoms with Gasteiger partial charge < -0.3 is 10.1 Å². The maximum absolute atomic E-state index is 5.81. The van der Waals surface area contributed by atoms with Crippen LogP contribution in [-0.2, 0) is 6.42 Å². The average molecular weight is 277 g/mol. The van der Waals surface area contributed by atoms with Crippen LogP contribution in [0.3, 0.4) is 0 Å². The van der Waals surface area contributed by atoms with E-state index in [0.29, 0.717) is 12.0 Å². The summed E-state index contributed by atoms with van der Waals surface area (Å²) in [5.41, 5.74) is 1.90. The predicted octanol–water partition coefficient (Wildman–Crippen LogP) is 4.43. The lowest BCUT2D eigenvalue weighted by molar-refractivity contribution is 0.290. The Hall–Kier alpha value is -1.02. The molecule has 0 heterocycles. The topological polar surface area (TPSA) is 21.3 Å². The van der Waals surface area contributed by atoms with E-state index in [4.69, 9.17) is 4.74 Å². The van der Waals surface area contributed by atoms with Gasteiger partial charge in [0.05, 0.1) is 0 Å². The molecule has 0 saturated carbocycles. The molecule has 0 radical (unpaired) electrons. The molecule has 0 amide bonds. The highest BCUT2D eigenvalue weighted by Crippen LogP contribution is 2.23. The van der Waals surface area contributed by atoms with Crippen molar-refractivity contribution in [2.75, 3.05) is 13.2 Å². The molecule has 20 heavy (non-hydrogen) atoms. The molecule has 114 valence electrons. The Morgan fingerprint density at radius 3 is 2.35 bits per heavy atom. The van der Waals surface area contributed by atoms with Gasteiger partial charge in [-0.3, -0.25) is 0 Å². The Labute approximate surface area is 124 Å². The van der Waals surface area contributed by atoms with Gasteiger partial charge in [0, 0.05) is 12.1 Å². The van der Waals surface area contributed by atoms with Crippen LogP contribution in [0.5, 0.6) is 5.75 Å². The number of aryl methyl sites for hydroxylation is 1. The summed E-state index contributed by atoms with van der Waals surface area (Å²) in [5, 5.41) is 3.43. The fourth-order valence-electron chi connectivity index (χ4n) is 1.91. The smallest absolute Gasteiger partial charge is 0.119 e. The summed E-state index contributed by atoms with van der Waals surface area (Å²) in [6, 6.07) is 8.48. The minimum Gasteiger partial charge on any atom is -0.492 e. The third kappa shape index (κ3) is 8.21. The Balaban J connectivity index is 2.40. The first kappa shape index (κ1) is 17.0. The number of nitrogens with one attached hydrogen (secondary N) is 1. The highest BCUT2D eigenvalue weighted by molar-refractivity contribution is 5.28. The van der Waals surface area contributed by atoms with Crippen LogP contribution in [0.4, 0.5) is 0 Å². The van der Waals surface area contributed by atoms with E-state index >= 15 is 0 Å². The van der Waals surface area contributed by atoms with Gasteiger partial charge in [-0.05, 0) is 56.7 Å². The van der Waals surface area contributed by atoms with E-state index in [1.54, 1.807) is 0 Å². The molecule has 1 N–H and O–H groups in total. The lowest BCUT2D eigenvalue weighted by Gasteiger charge is -2.20. The second-order valence-electron chi connectivity index (χ2n) is 7.73. The van der Waals surface area contributed by atoms with E-state index in [1.807, 2.05) is 6.07 Å². The maximum Gasteiger partial charge on any atom is 0.119 e. The van der Waals surface area contributed by atoms with Gasteiger partial charge in [0.2, 0.25) is 0 Å². The number of hydrogen-bond donors (Lipinski definition) is 1. The standard InChI is InChI=1S/C18H31NO/c1-17(2,3)11-10-15-8-7-9-16(14-15)20-13-12-19-18(4,5)6/h7-9,14,19H,10-13H2,1-6H3. The second-order valence-corrected chi connectivity index (χ2v) is 7.73. The lowest BCUT2D eigenvalue weighted by Crippen LogP contribution is -2.38. The number of hydrogen-bond acceptors (Lipinski definition) is 2. The number of ether oxygens (including phenoxy) is 1. The Morgan fingerprint density at radius 1 is 1.05 bits per heavy atom. The molecule has 0 unspecified atom stereocenters. The van der Waals surface area contributed by atoms with E-state index in [1.165, 1.54) is 12.0 Å². The van der Waals surface area contributed by atoms with Crippen molar-refractivity contribution in [3.05, 3.63) is 29.8 Å². The minimum atomic E-state index is 0.151. The van der Waals surface area contributed by atoms with Gasteiger partial charge in [0.25, 0.3) is 0 Å². The van der Waals surface area contributed by atoms with Crippen LogP contribution in [0.15, 0.2) is 24.3 Å². The molecule has 0 aliphatic heterocycles. The third-order valence-corrected chi connectivity index (χ3v) is 3.09. The normalized spacial score (nSPS) is 12.5. The molecule has 0 spiro atoms. The van der Waals surface area contributed by atoms with Crippen molar-refractivity contribution in [1.29, 1.82) is 0 Å². The lowest BCUT2D eigenvalue weighted by atomic mass is 9.89. The van der Waals surface area contributed by atoms with Gasteiger partial charge in [-0.15, -0.1) is 0 Å². The molecule has 1 rings (SSSR count). The first-order chi connectivity index (χ1) is 9.16. The summed E-state index contributed by atoms with van der Waals surface area (Å²) in [5.74, 6) is 0.979. The fraction of sp³-hybridized carbons (Fsp3) is 0.667. The molecule has 1 aromatic rings. The Morgan fingerprint density at radius 2 is 1.75 bits per heavy atom. The Bertz CT molecular complexity index is 399. The molecule has 0 atom stereocenters. The highest BCUT2D eigenvalue weighted by Gasteiger charge is 2.10. The van der Waals surface area contributed by atoms with Crippen LogP contribution in [0.25, 0.3) is 0 Å². The zero-order valence-corrected chi connectivity index (χ0v) is 14.0. The second kappa shape index (κ2) is 7.12. The molecular weight excluding hydrogens is 246 g/mol. The summed E-state index contributed by atoms with van der Waals surface area (Å²) in [6.07, 6.45) is 2.31. The average Bonchev–Trinajstić information content (AvgIpc) is 2.31. The van der Waals surface area contributed by atoms with Crippen LogP contribution in [0.2, 0.25) is 0 Å². The predicted molar refractivity (Wildman–Crippen MR) is 87.5 cm³/mol. The summed E-state index contributed by atoms with van der Waals surface area (Å²) >= 11 is 0. The molecular formula is C18H31NO. The summed E-state index contributed by atoms with van der Waals surface area (Å²) in [6.45, 7) is 14.9. The van der Waals surface area contributed by atoms with E-state index in [9.17, 15) is 0 Å². The molecule has 0 aromatic heterocycles. The molecule has 0 saturated heterocycles. The van der Waals surface area contributed by atoms with Gasteiger partial charge in [-0.1, -0.05) is 32.9 Å². The van der Waals surface area contributed by atoms with E-state index in [2.05, 4.69) is 65.1 Å². The molecule has 1 aromatic carbocycles. The van der Waals surface area contributed by atoms with Gasteiger partial charge in [-0.2, -0.15) is 0 Å². The Kier molecular flexibility index (Phi) is 6.07. The van der Waals surface area contributed by atoms with Crippen LogP contribution in [-0.4, -0.2) is 18.7 Å². The fourth-order valence-corrected chi connectivity index (χ4v) is 1.91. The van der Waals surface area contributed by atoms with Crippen LogP contribution >= 0.6 is 0 Å². The highest BCUT2D eigenvalue weighted by atomic mass is 16.5. The van der Waals surface area contributed by atoms with Crippen LogP contribution in [0.1, 0.15) is 53.5 Å². The van der Waals surface area contributed by atoms with E-state index in [-0.39, 0.29) is 5.54 Å². The maximum atomic E-state index is 5.81. The monoisotopic (exact) mass is 277 g/mol. The third-order valence-electron chi connectivity index (χ3n) is 3.09. The summed E-state index contributed by atoms with van der Waals surface area (Å²) in [7, 11) is 0. The molecule has 0 aliphatic carbocycles. The largest absolute Gasteiger partial charge is 0.492 e.